The van der Waals surface area contributed by atoms with Crippen molar-refractivity contribution in [1.29, 1.82) is 0 Å². The van der Waals surface area contributed by atoms with Gasteiger partial charge in [-0.3, -0.25) is 9.59 Å². The molecule has 0 unspecified atom stereocenters. The fourth-order valence-electron chi connectivity index (χ4n) is 3.14. The molecule has 1 amide bonds. The van der Waals surface area contributed by atoms with Gasteiger partial charge in [-0.15, -0.1) is 0 Å². The quantitative estimate of drug-likeness (QED) is 0.388. The molecule has 0 bridgehead atoms. The third-order valence-corrected chi connectivity index (χ3v) is 5.16. The first kappa shape index (κ1) is 22.3. The maximum atomic E-state index is 13.3. The van der Waals surface area contributed by atoms with Crippen molar-refractivity contribution in [3.05, 3.63) is 98.8 Å². The van der Waals surface area contributed by atoms with Crippen LogP contribution in [-0.4, -0.2) is 28.4 Å². The van der Waals surface area contributed by atoms with Gasteiger partial charge in [0.25, 0.3) is 11.5 Å². The van der Waals surface area contributed by atoms with Crippen LogP contribution in [-0.2, 0) is 4.79 Å². The first-order valence-electron chi connectivity index (χ1n) is 9.91. The molecule has 1 aromatic heterocycles. The minimum Gasteiger partial charge on any atom is -0.483 e. The number of ether oxygens (including phenoxy) is 1. The summed E-state index contributed by atoms with van der Waals surface area (Å²) < 4.78 is 20.9. The first-order valence-corrected chi connectivity index (χ1v) is 10.7. The molecule has 7 nitrogen and oxygen atoms in total. The van der Waals surface area contributed by atoms with Crippen molar-refractivity contribution in [1.82, 2.24) is 9.66 Å². The molecule has 0 aliphatic heterocycles. The van der Waals surface area contributed by atoms with E-state index in [-0.39, 0.29) is 12.2 Å². The van der Waals surface area contributed by atoms with Crippen LogP contribution in [0.5, 0.6) is 5.75 Å². The van der Waals surface area contributed by atoms with Crippen LogP contribution in [0.4, 0.5) is 10.1 Å². The van der Waals surface area contributed by atoms with E-state index in [1.807, 2.05) is 6.07 Å². The second-order valence-electron chi connectivity index (χ2n) is 7.07. The van der Waals surface area contributed by atoms with Crippen molar-refractivity contribution in [3.8, 4) is 5.75 Å². The SMILES string of the molecule is Cc1nc2ccc(Br)cc2c(=O)n1N=Cc1ccccc1OCC(=O)Nc1cccc(F)c1. The predicted molar refractivity (Wildman–Crippen MR) is 128 cm³/mol. The highest BCUT2D eigenvalue weighted by Gasteiger charge is 2.10. The summed E-state index contributed by atoms with van der Waals surface area (Å²) in [5, 5.41) is 7.31. The molecule has 0 fully saturated rings. The minimum absolute atomic E-state index is 0.286. The number of hydrogen-bond donors (Lipinski definition) is 1. The number of amides is 1. The summed E-state index contributed by atoms with van der Waals surface area (Å²) in [4.78, 5) is 29.5. The van der Waals surface area contributed by atoms with E-state index in [4.69, 9.17) is 4.74 Å². The summed E-state index contributed by atoms with van der Waals surface area (Å²) in [7, 11) is 0. The molecular weight excluding hydrogens is 491 g/mol. The average Bonchev–Trinajstić information content (AvgIpc) is 2.79. The molecule has 0 spiro atoms. The topological polar surface area (TPSA) is 85.6 Å². The number of halogens is 2. The normalized spacial score (nSPS) is 11.1. The van der Waals surface area contributed by atoms with E-state index >= 15 is 0 Å². The number of para-hydroxylation sites is 1. The molecule has 4 rings (SSSR count). The molecule has 1 N–H and O–H groups in total. The van der Waals surface area contributed by atoms with Gasteiger partial charge in [0.05, 0.1) is 17.1 Å². The zero-order valence-electron chi connectivity index (χ0n) is 17.5. The Morgan fingerprint density at radius 3 is 2.82 bits per heavy atom. The summed E-state index contributed by atoms with van der Waals surface area (Å²) in [6.07, 6.45) is 1.47. The number of hydrogen-bond acceptors (Lipinski definition) is 5. The van der Waals surface area contributed by atoms with Gasteiger partial charge in [-0.25, -0.2) is 9.37 Å². The average molecular weight is 509 g/mol. The lowest BCUT2D eigenvalue weighted by atomic mass is 10.2. The van der Waals surface area contributed by atoms with Crippen molar-refractivity contribution in [2.24, 2.45) is 5.10 Å². The summed E-state index contributed by atoms with van der Waals surface area (Å²) in [6.45, 7) is 1.41. The van der Waals surface area contributed by atoms with E-state index in [0.717, 1.165) is 4.47 Å². The number of carbonyl (C=O) groups excluding carboxylic acids is 1. The Balaban J connectivity index is 1.53. The number of aryl methyl sites for hydroxylation is 1. The largest absolute Gasteiger partial charge is 0.483 e. The number of nitrogens with zero attached hydrogens (tertiary/aromatic N) is 3. The summed E-state index contributed by atoms with van der Waals surface area (Å²) in [5.41, 5.74) is 1.18. The third kappa shape index (κ3) is 5.32. The first-order chi connectivity index (χ1) is 15.9. The molecule has 166 valence electrons. The van der Waals surface area contributed by atoms with Gasteiger partial charge in [0.1, 0.15) is 17.4 Å². The van der Waals surface area contributed by atoms with Crippen molar-refractivity contribution in [3.63, 3.8) is 0 Å². The lowest BCUT2D eigenvalue weighted by Crippen LogP contribution is -2.21. The van der Waals surface area contributed by atoms with Crippen molar-refractivity contribution in [2.45, 2.75) is 6.92 Å². The van der Waals surface area contributed by atoms with Gasteiger partial charge in [-0.2, -0.15) is 9.78 Å². The van der Waals surface area contributed by atoms with Gasteiger partial charge in [0.15, 0.2) is 6.61 Å². The molecule has 0 aliphatic rings. The summed E-state index contributed by atoms with van der Waals surface area (Å²) in [6, 6.07) is 17.8. The number of benzene rings is 3. The third-order valence-electron chi connectivity index (χ3n) is 4.67. The predicted octanol–water partition coefficient (Wildman–Crippen LogP) is 4.51. The van der Waals surface area contributed by atoms with E-state index in [9.17, 15) is 14.0 Å². The Morgan fingerprint density at radius 1 is 1.18 bits per heavy atom. The van der Waals surface area contributed by atoms with E-state index < -0.39 is 11.7 Å². The lowest BCUT2D eigenvalue weighted by Gasteiger charge is -2.10. The molecule has 0 atom stereocenters. The van der Waals surface area contributed by atoms with Crippen LogP contribution in [0.1, 0.15) is 11.4 Å². The van der Waals surface area contributed by atoms with Crippen LogP contribution < -0.4 is 15.6 Å². The highest BCUT2D eigenvalue weighted by molar-refractivity contribution is 9.10. The highest BCUT2D eigenvalue weighted by Crippen LogP contribution is 2.18. The summed E-state index contributed by atoms with van der Waals surface area (Å²) in [5.74, 6) is -0.0585. The fourth-order valence-corrected chi connectivity index (χ4v) is 3.50. The second-order valence-corrected chi connectivity index (χ2v) is 7.98. The minimum atomic E-state index is -0.448. The monoisotopic (exact) mass is 508 g/mol. The Hall–Kier alpha value is -3.85. The molecule has 3 aromatic carbocycles. The smallest absolute Gasteiger partial charge is 0.282 e. The van der Waals surface area contributed by atoms with Crippen LogP contribution in [0, 0.1) is 12.7 Å². The van der Waals surface area contributed by atoms with Crippen LogP contribution in [0.25, 0.3) is 10.9 Å². The van der Waals surface area contributed by atoms with Crippen LogP contribution in [0.3, 0.4) is 0 Å². The Kier molecular flexibility index (Phi) is 6.60. The van der Waals surface area contributed by atoms with Crippen LogP contribution in [0.2, 0.25) is 0 Å². The molecule has 9 heteroatoms. The molecular formula is C24H18BrFN4O3. The van der Waals surface area contributed by atoms with E-state index in [1.165, 1.54) is 29.1 Å². The van der Waals surface area contributed by atoms with E-state index in [0.29, 0.717) is 33.7 Å². The maximum Gasteiger partial charge on any atom is 0.282 e. The Bertz CT molecular complexity index is 1440. The van der Waals surface area contributed by atoms with E-state index in [2.05, 4.69) is 31.3 Å². The van der Waals surface area contributed by atoms with Crippen molar-refractivity contribution < 1.29 is 13.9 Å². The molecule has 0 saturated carbocycles. The van der Waals surface area contributed by atoms with Gasteiger partial charge in [0.2, 0.25) is 0 Å². The molecule has 0 aliphatic carbocycles. The molecule has 33 heavy (non-hydrogen) atoms. The number of aromatic nitrogens is 2. The van der Waals surface area contributed by atoms with Gasteiger partial charge in [-0.05, 0) is 55.5 Å². The van der Waals surface area contributed by atoms with Crippen molar-refractivity contribution in [2.75, 3.05) is 11.9 Å². The van der Waals surface area contributed by atoms with E-state index in [1.54, 1.807) is 49.4 Å². The standard InChI is InChI=1S/C24H18BrFN4O3/c1-15-28-21-10-9-17(25)11-20(21)24(32)30(15)27-13-16-5-2-3-8-22(16)33-14-23(31)29-19-7-4-6-18(26)12-19/h2-13H,14H2,1H3,(H,29,31). The molecule has 1 heterocycles. The highest BCUT2D eigenvalue weighted by atomic mass is 79.9. The Labute approximate surface area is 196 Å². The van der Waals surface area contributed by atoms with Gasteiger partial charge >= 0.3 is 0 Å². The zero-order chi connectivity index (χ0) is 23.4. The number of carbonyl (C=O) groups is 1. The lowest BCUT2D eigenvalue weighted by molar-refractivity contribution is -0.118. The summed E-state index contributed by atoms with van der Waals surface area (Å²) >= 11 is 3.37. The second kappa shape index (κ2) is 9.74. The van der Waals surface area contributed by atoms with Crippen LogP contribution in [0.15, 0.2) is 81.1 Å². The van der Waals surface area contributed by atoms with Gasteiger partial charge in [0, 0.05) is 15.7 Å². The maximum absolute atomic E-state index is 13.3. The van der Waals surface area contributed by atoms with Crippen molar-refractivity contribution >= 4 is 44.6 Å². The molecule has 0 radical (unpaired) electrons. The molecule has 4 aromatic rings. The van der Waals surface area contributed by atoms with Gasteiger partial charge < -0.3 is 10.1 Å². The number of nitrogens with one attached hydrogen (secondary N) is 1. The molecule has 0 saturated heterocycles. The fraction of sp³-hybridized carbons (Fsp3) is 0.0833. The Morgan fingerprint density at radius 2 is 2.00 bits per heavy atom. The number of fused-ring (bicyclic) bond motifs is 1. The number of rotatable bonds is 6. The number of anilines is 1. The van der Waals surface area contributed by atoms with Crippen LogP contribution >= 0.6 is 15.9 Å². The van der Waals surface area contributed by atoms with Gasteiger partial charge in [-0.1, -0.05) is 34.1 Å². The zero-order valence-corrected chi connectivity index (χ0v) is 19.0.